The Labute approximate surface area is 133 Å². The SMILES string of the molecule is O=C(c1n[nH]c2ccc(Cl)cc12)N1C[C@@H]2C[N@@]3CCC2C1C3. The summed E-state index contributed by atoms with van der Waals surface area (Å²) < 4.78 is 0. The van der Waals surface area contributed by atoms with Crippen molar-refractivity contribution >= 4 is 28.4 Å². The second-order valence-electron chi connectivity index (χ2n) is 6.76. The van der Waals surface area contributed by atoms with Crippen molar-refractivity contribution in [2.24, 2.45) is 11.8 Å². The molecule has 0 aliphatic carbocycles. The zero-order valence-corrected chi connectivity index (χ0v) is 12.9. The van der Waals surface area contributed by atoms with Gasteiger partial charge in [-0.3, -0.25) is 9.89 Å². The molecular formula is C16H17ClN4O. The van der Waals surface area contributed by atoms with Gasteiger partial charge >= 0.3 is 0 Å². The fraction of sp³-hybridized carbons (Fsp3) is 0.500. The molecule has 6 rings (SSSR count). The third-order valence-corrected chi connectivity index (χ3v) is 5.87. The van der Waals surface area contributed by atoms with E-state index >= 15 is 0 Å². The second kappa shape index (κ2) is 4.46. The minimum atomic E-state index is 0.0507. The predicted octanol–water partition coefficient (Wildman–Crippen LogP) is 1.99. The third-order valence-electron chi connectivity index (χ3n) is 5.64. The average Bonchev–Trinajstić information content (AvgIpc) is 3.06. The Hall–Kier alpha value is -1.59. The van der Waals surface area contributed by atoms with Crippen LogP contribution in [-0.2, 0) is 0 Å². The second-order valence-corrected chi connectivity index (χ2v) is 7.20. The summed E-state index contributed by atoms with van der Waals surface area (Å²) in [6, 6.07) is 5.87. The summed E-state index contributed by atoms with van der Waals surface area (Å²) in [6.07, 6.45) is 1.23. The van der Waals surface area contributed by atoms with E-state index in [-0.39, 0.29) is 5.91 Å². The molecule has 4 aliphatic heterocycles. The molecule has 1 aromatic heterocycles. The first kappa shape index (κ1) is 12.9. The van der Waals surface area contributed by atoms with E-state index in [1.165, 1.54) is 13.0 Å². The number of benzene rings is 1. The number of carbonyl (C=O) groups is 1. The van der Waals surface area contributed by atoms with Crippen LogP contribution in [0.5, 0.6) is 0 Å². The van der Waals surface area contributed by atoms with Crippen LogP contribution < -0.4 is 0 Å². The quantitative estimate of drug-likeness (QED) is 0.875. The smallest absolute Gasteiger partial charge is 0.275 e. The molecule has 4 saturated heterocycles. The minimum Gasteiger partial charge on any atom is -0.332 e. The summed E-state index contributed by atoms with van der Waals surface area (Å²) in [5, 5.41) is 8.67. The van der Waals surface area contributed by atoms with Gasteiger partial charge in [-0.15, -0.1) is 0 Å². The molecule has 6 heteroatoms. The molecule has 1 aromatic carbocycles. The molecule has 5 heterocycles. The molecule has 0 spiro atoms. The Balaban J connectivity index is 1.53. The van der Waals surface area contributed by atoms with E-state index in [1.54, 1.807) is 0 Å². The molecule has 1 amide bonds. The number of hydrogen-bond acceptors (Lipinski definition) is 3. The Morgan fingerprint density at radius 3 is 3.05 bits per heavy atom. The molecule has 4 aliphatic rings. The molecule has 114 valence electrons. The van der Waals surface area contributed by atoms with Gasteiger partial charge in [-0.25, -0.2) is 0 Å². The number of nitrogens with zero attached hydrogens (tertiary/aromatic N) is 3. The van der Waals surface area contributed by atoms with Gasteiger partial charge in [-0.05, 0) is 43.0 Å². The maximum Gasteiger partial charge on any atom is 0.275 e. The van der Waals surface area contributed by atoms with Gasteiger partial charge in [0.15, 0.2) is 5.69 Å². The summed E-state index contributed by atoms with van der Waals surface area (Å²) >= 11 is 6.08. The highest BCUT2D eigenvalue weighted by molar-refractivity contribution is 6.31. The standard InChI is InChI=1S/C16H17ClN4O/c17-10-1-2-13-12(5-10)15(19-18-13)16(22)21-7-9-6-20-4-3-11(9)14(21)8-20/h1-2,5,9,11,14H,3-4,6-8H2,(H,18,19)/t9-,11?,14?/m0/s1. The molecule has 2 unspecified atom stereocenters. The lowest BCUT2D eigenvalue weighted by atomic mass is 9.80. The van der Waals surface area contributed by atoms with Crippen LogP contribution in [-0.4, -0.2) is 58.1 Å². The first-order valence-electron chi connectivity index (χ1n) is 7.87. The van der Waals surface area contributed by atoms with Gasteiger partial charge in [0.2, 0.25) is 0 Å². The Morgan fingerprint density at radius 1 is 1.32 bits per heavy atom. The molecule has 1 N–H and O–H groups in total. The first-order chi connectivity index (χ1) is 10.7. The van der Waals surface area contributed by atoms with Crippen LogP contribution in [0.3, 0.4) is 0 Å². The Kier molecular flexibility index (Phi) is 2.62. The van der Waals surface area contributed by atoms with Gasteiger partial charge in [0.05, 0.1) is 5.52 Å². The molecule has 5 nitrogen and oxygen atoms in total. The van der Waals surface area contributed by atoms with E-state index in [0.717, 1.165) is 30.5 Å². The van der Waals surface area contributed by atoms with Crippen molar-refractivity contribution in [2.45, 2.75) is 12.5 Å². The van der Waals surface area contributed by atoms with E-state index in [4.69, 9.17) is 11.6 Å². The summed E-state index contributed by atoms with van der Waals surface area (Å²) in [6.45, 7) is 4.24. The van der Waals surface area contributed by atoms with E-state index in [0.29, 0.717) is 28.6 Å². The van der Waals surface area contributed by atoms with Gasteiger partial charge in [0, 0.05) is 36.1 Å². The van der Waals surface area contributed by atoms with E-state index < -0.39 is 0 Å². The average molecular weight is 317 g/mol. The number of nitrogens with one attached hydrogen (secondary N) is 1. The van der Waals surface area contributed by atoms with Crippen LogP contribution in [0.1, 0.15) is 16.9 Å². The lowest BCUT2D eigenvalue weighted by Gasteiger charge is -2.44. The first-order valence-corrected chi connectivity index (χ1v) is 8.25. The molecule has 0 radical (unpaired) electrons. The van der Waals surface area contributed by atoms with Crippen molar-refractivity contribution in [3.05, 3.63) is 28.9 Å². The number of halogens is 1. The third kappa shape index (κ3) is 1.69. The number of carbonyl (C=O) groups excluding carboxylic acids is 1. The number of H-pyrrole nitrogens is 1. The zero-order valence-electron chi connectivity index (χ0n) is 12.1. The highest BCUT2D eigenvalue weighted by atomic mass is 35.5. The van der Waals surface area contributed by atoms with Crippen molar-refractivity contribution < 1.29 is 4.79 Å². The van der Waals surface area contributed by atoms with Crippen molar-refractivity contribution in [1.82, 2.24) is 20.0 Å². The maximum atomic E-state index is 13.0. The lowest BCUT2D eigenvalue weighted by Crippen LogP contribution is -2.54. The fourth-order valence-electron chi connectivity index (χ4n) is 4.63. The summed E-state index contributed by atoms with van der Waals surface area (Å²) in [7, 11) is 0. The van der Waals surface area contributed by atoms with E-state index in [2.05, 4.69) is 20.0 Å². The van der Waals surface area contributed by atoms with Crippen molar-refractivity contribution in [2.75, 3.05) is 26.2 Å². The van der Waals surface area contributed by atoms with Crippen LogP contribution in [0.2, 0.25) is 5.02 Å². The number of fused-ring (bicyclic) bond motifs is 2. The van der Waals surface area contributed by atoms with Gasteiger partial charge in [0.25, 0.3) is 5.91 Å². The summed E-state index contributed by atoms with van der Waals surface area (Å²) in [5.74, 6) is 1.38. The molecule has 4 fully saturated rings. The zero-order chi connectivity index (χ0) is 14.8. The molecule has 4 bridgehead atoms. The number of amides is 1. The highest BCUT2D eigenvalue weighted by Gasteiger charge is 2.51. The monoisotopic (exact) mass is 316 g/mol. The predicted molar refractivity (Wildman–Crippen MR) is 84.0 cm³/mol. The molecular weight excluding hydrogens is 300 g/mol. The topological polar surface area (TPSA) is 52.2 Å². The van der Waals surface area contributed by atoms with Crippen LogP contribution >= 0.6 is 11.6 Å². The molecule has 2 aromatic rings. The molecule has 0 saturated carbocycles. The van der Waals surface area contributed by atoms with E-state index in [1.807, 2.05) is 18.2 Å². The van der Waals surface area contributed by atoms with Crippen LogP contribution in [0, 0.1) is 11.8 Å². The fourth-order valence-corrected chi connectivity index (χ4v) is 4.80. The lowest BCUT2D eigenvalue weighted by molar-refractivity contribution is 0.0420. The normalized spacial score (nSPS) is 32.9. The maximum absolute atomic E-state index is 13.0. The van der Waals surface area contributed by atoms with Gasteiger partial charge in [0.1, 0.15) is 0 Å². The largest absolute Gasteiger partial charge is 0.332 e. The van der Waals surface area contributed by atoms with Crippen molar-refractivity contribution in [3.8, 4) is 0 Å². The molecule has 22 heavy (non-hydrogen) atoms. The minimum absolute atomic E-state index is 0.0507. The van der Waals surface area contributed by atoms with Crippen LogP contribution in [0.15, 0.2) is 18.2 Å². The number of hydrogen-bond donors (Lipinski definition) is 1. The van der Waals surface area contributed by atoms with Gasteiger partial charge < -0.3 is 9.80 Å². The van der Waals surface area contributed by atoms with Crippen LogP contribution in [0.25, 0.3) is 10.9 Å². The van der Waals surface area contributed by atoms with Crippen LogP contribution in [0.4, 0.5) is 0 Å². The van der Waals surface area contributed by atoms with E-state index in [9.17, 15) is 4.79 Å². The summed E-state index contributed by atoms with van der Waals surface area (Å²) in [4.78, 5) is 17.6. The number of likely N-dealkylation sites (tertiary alicyclic amines) is 1. The van der Waals surface area contributed by atoms with Crippen molar-refractivity contribution in [3.63, 3.8) is 0 Å². The number of rotatable bonds is 1. The number of aromatic amines is 1. The van der Waals surface area contributed by atoms with Crippen molar-refractivity contribution in [1.29, 1.82) is 0 Å². The number of piperidine rings is 3. The Morgan fingerprint density at radius 2 is 2.23 bits per heavy atom. The number of aromatic nitrogens is 2. The highest BCUT2D eigenvalue weighted by Crippen LogP contribution is 2.42. The van der Waals surface area contributed by atoms with Gasteiger partial charge in [-0.2, -0.15) is 5.10 Å². The van der Waals surface area contributed by atoms with Gasteiger partial charge in [-0.1, -0.05) is 11.6 Å². The molecule has 4 atom stereocenters. The Bertz CT molecular complexity index is 773. The summed E-state index contributed by atoms with van der Waals surface area (Å²) in [5.41, 5.74) is 1.37.